The van der Waals surface area contributed by atoms with Crippen molar-refractivity contribution in [3.05, 3.63) is 82.5 Å². The lowest BCUT2D eigenvalue weighted by Gasteiger charge is -2.19. The van der Waals surface area contributed by atoms with Gasteiger partial charge in [0.2, 0.25) is 0 Å². The monoisotopic (exact) mass is 504 g/mol. The quantitative estimate of drug-likeness (QED) is 0.393. The first kappa shape index (κ1) is 22.6. The van der Waals surface area contributed by atoms with Crippen LogP contribution in [0, 0.1) is 0 Å². The van der Waals surface area contributed by atoms with E-state index >= 15 is 0 Å². The molecular weight excluding hydrogens is 485 g/mol. The van der Waals surface area contributed by atoms with E-state index < -0.39 is 21.8 Å². The molecule has 0 spiro atoms. The maximum Gasteiger partial charge on any atom is 0.416 e. The van der Waals surface area contributed by atoms with E-state index in [1.165, 1.54) is 35.7 Å². The Kier molecular flexibility index (Phi) is 5.48. The van der Waals surface area contributed by atoms with Gasteiger partial charge in [0.1, 0.15) is 0 Å². The van der Waals surface area contributed by atoms with Crippen molar-refractivity contribution >= 4 is 26.5 Å². The third-order valence-corrected chi connectivity index (χ3v) is 8.16. The van der Waals surface area contributed by atoms with Gasteiger partial charge in [-0.15, -0.1) is 11.3 Å². The van der Waals surface area contributed by atoms with Crippen LogP contribution in [0.5, 0.6) is 0 Å². The van der Waals surface area contributed by atoms with Crippen molar-refractivity contribution in [2.24, 2.45) is 7.05 Å². The number of benzene rings is 2. The Labute approximate surface area is 198 Å². The molecule has 0 fully saturated rings. The van der Waals surface area contributed by atoms with Crippen LogP contribution in [-0.2, 0) is 29.7 Å². The van der Waals surface area contributed by atoms with Gasteiger partial charge in [0.15, 0.2) is 5.13 Å². The van der Waals surface area contributed by atoms with Gasteiger partial charge < -0.3 is 0 Å². The van der Waals surface area contributed by atoms with Crippen LogP contribution in [0.3, 0.4) is 0 Å². The molecule has 11 heteroatoms. The standard InChI is InChI=1S/C23H19F3N4O2S2/c1-30-21(8-9-28-30)20-13-15(23(24,25)26)3-6-19(20)18-5-2-14-12-16(4-7-17(14)18)34(31,32)29-22-27-10-11-33-22/h3-4,6-13,18H,2,5H2,1H3,(H,27,29)/t18-/m1/s1. The smallest absolute Gasteiger partial charge is 0.268 e. The van der Waals surface area contributed by atoms with Gasteiger partial charge in [-0.2, -0.15) is 18.3 Å². The molecule has 0 saturated heterocycles. The Hall–Kier alpha value is -3.18. The summed E-state index contributed by atoms with van der Waals surface area (Å²) in [4.78, 5) is 4.08. The molecule has 1 N–H and O–H groups in total. The highest BCUT2D eigenvalue weighted by Gasteiger charge is 2.34. The Morgan fingerprint density at radius 1 is 1.09 bits per heavy atom. The molecule has 34 heavy (non-hydrogen) atoms. The first-order valence-electron chi connectivity index (χ1n) is 10.4. The summed E-state index contributed by atoms with van der Waals surface area (Å²) in [6.45, 7) is 0. The van der Waals surface area contributed by atoms with E-state index in [9.17, 15) is 21.6 Å². The molecule has 2 heterocycles. The summed E-state index contributed by atoms with van der Waals surface area (Å²) in [5.74, 6) is -0.161. The topological polar surface area (TPSA) is 76.9 Å². The first-order valence-corrected chi connectivity index (χ1v) is 12.7. The van der Waals surface area contributed by atoms with Crippen molar-refractivity contribution in [2.75, 3.05) is 4.72 Å². The van der Waals surface area contributed by atoms with Crippen LogP contribution in [-0.4, -0.2) is 23.2 Å². The number of anilines is 1. The van der Waals surface area contributed by atoms with Gasteiger partial charge in [-0.1, -0.05) is 12.1 Å². The molecule has 4 aromatic rings. The van der Waals surface area contributed by atoms with Crippen LogP contribution in [0.4, 0.5) is 18.3 Å². The lowest BCUT2D eigenvalue weighted by atomic mass is 9.87. The number of sulfonamides is 1. The lowest BCUT2D eigenvalue weighted by molar-refractivity contribution is -0.137. The molecule has 6 nitrogen and oxygen atoms in total. The van der Waals surface area contributed by atoms with Crippen LogP contribution in [0.2, 0.25) is 0 Å². The number of halogens is 3. The molecule has 0 radical (unpaired) electrons. The fourth-order valence-corrected chi connectivity index (χ4v) is 6.27. The summed E-state index contributed by atoms with van der Waals surface area (Å²) in [6.07, 6.45) is -0.122. The zero-order valence-electron chi connectivity index (χ0n) is 17.9. The Bertz CT molecular complexity index is 1460. The first-order chi connectivity index (χ1) is 16.1. The second kappa shape index (κ2) is 8.24. The summed E-state index contributed by atoms with van der Waals surface area (Å²) in [5, 5.41) is 6.08. The van der Waals surface area contributed by atoms with Gasteiger partial charge >= 0.3 is 6.18 Å². The van der Waals surface area contributed by atoms with E-state index in [2.05, 4.69) is 14.8 Å². The van der Waals surface area contributed by atoms with Gasteiger partial charge in [-0.3, -0.25) is 9.40 Å². The van der Waals surface area contributed by atoms with Crippen molar-refractivity contribution in [3.8, 4) is 11.3 Å². The number of fused-ring (bicyclic) bond motifs is 1. The average Bonchev–Trinajstić information content (AvgIpc) is 3.53. The molecule has 1 aliphatic rings. The van der Waals surface area contributed by atoms with E-state index in [1.54, 1.807) is 41.5 Å². The van der Waals surface area contributed by atoms with Crippen molar-refractivity contribution in [1.29, 1.82) is 0 Å². The molecular formula is C23H19F3N4O2S2. The van der Waals surface area contributed by atoms with Crippen LogP contribution < -0.4 is 4.72 Å². The van der Waals surface area contributed by atoms with Crippen LogP contribution in [0.15, 0.2) is 65.1 Å². The molecule has 2 aromatic heterocycles. The number of aromatic nitrogens is 3. The zero-order valence-corrected chi connectivity index (χ0v) is 19.5. The second-order valence-corrected chi connectivity index (χ2v) is 10.6. The Morgan fingerprint density at radius 3 is 2.56 bits per heavy atom. The largest absolute Gasteiger partial charge is 0.416 e. The maximum absolute atomic E-state index is 13.5. The molecule has 0 amide bonds. The number of hydrogen-bond donors (Lipinski definition) is 1. The van der Waals surface area contributed by atoms with Gasteiger partial charge in [-0.05, 0) is 59.9 Å². The van der Waals surface area contributed by atoms with Crippen molar-refractivity contribution in [2.45, 2.75) is 29.8 Å². The average molecular weight is 505 g/mol. The lowest BCUT2D eigenvalue weighted by Crippen LogP contribution is -2.13. The second-order valence-electron chi connectivity index (χ2n) is 8.03. The summed E-state index contributed by atoms with van der Waals surface area (Å²) >= 11 is 1.18. The number of aryl methyl sites for hydroxylation is 2. The number of nitrogens with one attached hydrogen (secondary N) is 1. The third-order valence-electron chi connectivity index (χ3n) is 6.01. The fourth-order valence-electron chi connectivity index (χ4n) is 4.43. The summed E-state index contributed by atoms with van der Waals surface area (Å²) in [7, 11) is -2.11. The minimum Gasteiger partial charge on any atom is -0.268 e. The molecule has 1 atom stereocenters. The minimum atomic E-state index is -4.47. The molecule has 0 unspecified atom stereocenters. The summed E-state index contributed by atoms with van der Waals surface area (Å²) in [6, 6.07) is 10.4. The Balaban J connectivity index is 1.55. The normalized spacial score (nSPS) is 15.9. The SMILES string of the molecule is Cn1nccc1-c1cc(C(F)(F)F)ccc1[C@@H]1CCc2cc(S(=O)(=O)Nc3nccs3)ccc21. The van der Waals surface area contributed by atoms with E-state index in [0.717, 1.165) is 22.8 Å². The molecule has 0 bridgehead atoms. The van der Waals surface area contributed by atoms with E-state index in [1.807, 2.05) is 0 Å². The highest BCUT2D eigenvalue weighted by atomic mass is 32.2. The van der Waals surface area contributed by atoms with Crippen LogP contribution in [0.1, 0.15) is 34.6 Å². The molecule has 1 aliphatic carbocycles. The number of rotatable bonds is 5. The highest BCUT2D eigenvalue weighted by molar-refractivity contribution is 7.93. The van der Waals surface area contributed by atoms with Crippen LogP contribution >= 0.6 is 11.3 Å². The predicted octanol–water partition coefficient (Wildman–Crippen LogP) is 5.44. The van der Waals surface area contributed by atoms with E-state index in [-0.39, 0.29) is 15.9 Å². The number of thiazole rings is 1. The van der Waals surface area contributed by atoms with E-state index in [0.29, 0.717) is 24.1 Å². The highest BCUT2D eigenvalue weighted by Crippen LogP contribution is 2.44. The molecule has 176 valence electrons. The molecule has 5 rings (SSSR count). The van der Waals surface area contributed by atoms with Gasteiger partial charge in [0.05, 0.1) is 16.2 Å². The maximum atomic E-state index is 13.5. The van der Waals surface area contributed by atoms with Crippen molar-refractivity contribution in [3.63, 3.8) is 0 Å². The molecule has 0 saturated carbocycles. The number of nitrogens with zero attached hydrogens (tertiary/aromatic N) is 3. The number of alkyl halides is 3. The van der Waals surface area contributed by atoms with Gasteiger partial charge in [-0.25, -0.2) is 13.4 Å². The minimum absolute atomic E-state index is 0.126. The van der Waals surface area contributed by atoms with Gasteiger partial charge in [0, 0.05) is 36.3 Å². The predicted molar refractivity (Wildman–Crippen MR) is 123 cm³/mol. The van der Waals surface area contributed by atoms with Crippen LogP contribution in [0.25, 0.3) is 11.3 Å². The van der Waals surface area contributed by atoms with Gasteiger partial charge in [0.25, 0.3) is 10.0 Å². The van der Waals surface area contributed by atoms with E-state index in [4.69, 9.17) is 0 Å². The van der Waals surface area contributed by atoms with Crippen molar-refractivity contribution in [1.82, 2.24) is 14.8 Å². The Morgan fingerprint density at radius 2 is 1.88 bits per heavy atom. The summed E-state index contributed by atoms with van der Waals surface area (Å²) in [5.41, 5.74) is 2.86. The number of hydrogen-bond acceptors (Lipinski definition) is 5. The molecule has 0 aliphatic heterocycles. The summed E-state index contributed by atoms with van der Waals surface area (Å²) < 4.78 is 69.9. The van der Waals surface area contributed by atoms with Crippen molar-refractivity contribution < 1.29 is 21.6 Å². The molecule has 2 aromatic carbocycles. The third kappa shape index (κ3) is 4.09. The fraction of sp³-hybridized carbons (Fsp3) is 0.217. The zero-order chi connectivity index (χ0) is 24.1.